The van der Waals surface area contributed by atoms with Gasteiger partial charge in [-0.2, -0.15) is 0 Å². The SMILES string of the molecule is CCC(C)[C@H](N)C(=O)N[C@H](C(=O)N[C@@H](Cc1c[nH]c2ccccc12)C(=O)O)C(C)CC. The van der Waals surface area contributed by atoms with Crippen LogP contribution in [0.4, 0.5) is 0 Å². The lowest BCUT2D eigenvalue weighted by Crippen LogP contribution is -2.57. The van der Waals surface area contributed by atoms with Gasteiger partial charge in [-0.25, -0.2) is 4.79 Å². The number of para-hydroxylation sites is 1. The van der Waals surface area contributed by atoms with Crippen LogP contribution in [-0.2, 0) is 20.8 Å². The first-order valence-corrected chi connectivity index (χ1v) is 10.8. The second-order valence-electron chi connectivity index (χ2n) is 8.25. The third-order valence-electron chi connectivity index (χ3n) is 6.07. The number of amides is 2. The molecule has 0 aliphatic carbocycles. The highest BCUT2D eigenvalue weighted by Gasteiger charge is 2.32. The molecule has 170 valence electrons. The summed E-state index contributed by atoms with van der Waals surface area (Å²) in [5.41, 5.74) is 7.71. The Balaban J connectivity index is 2.16. The first-order valence-electron chi connectivity index (χ1n) is 10.8. The highest BCUT2D eigenvalue weighted by molar-refractivity contribution is 5.92. The summed E-state index contributed by atoms with van der Waals surface area (Å²) in [5, 5.41) is 16.0. The van der Waals surface area contributed by atoms with Gasteiger partial charge < -0.3 is 26.5 Å². The molecule has 2 amide bonds. The number of H-pyrrole nitrogens is 1. The van der Waals surface area contributed by atoms with E-state index < -0.39 is 35.9 Å². The Labute approximate surface area is 183 Å². The van der Waals surface area contributed by atoms with Crippen molar-refractivity contribution in [2.45, 2.75) is 65.1 Å². The van der Waals surface area contributed by atoms with E-state index in [-0.39, 0.29) is 18.3 Å². The standard InChI is InChI=1S/C23H34N4O4/c1-5-13(3)19(24)21(28)27-20(14(4)6-2)22(29)26-18(23(30)31)11-15-12-25-17-10-8-7-9-16(15)17/h7-10,12-14,18-20,25H,5-6,11,24H2,1-4H3,(H,26,29)(H,27,28)(H,30,31)/t13?,14?,18-,19-,20-/m0/s1. The maximum Gasteiger partial charge on any atom is 0.326 e. The zero-order chi connectivity index (χ0) is 23.1. The quantitative estimate of drug-likeness (QED) is 0.372. The predicted octanol–water partition coefficient (Wildman–Crippen LogP) is 2.18. The van der Waals surface area contributed by atoms with Crippen molar-refractivity contribution in [3.8, 4) is 0 Å². The fourth-order valence-electron chi connectivity index (χ4n) is 3.45. The molecule has 0 saturated carbocycles. The van der Waals surface area contributed by atoms with E-state index in [4.69, 9.17) is 5.73 Å². The van der Waals surface area contributed by atoms with Crippen molar-refractivity contribution >= 4 is 28.7 Å². The molecule has 2 aromatic rings. The van der Waals surface area contributed by atoms with Crippen molar-refractivity contribution in [1.82, 2.24) is 15.6 Å². The van der Waals surface area contributed by atoms with Crippen LogP contribution in [0.1, 0.15) is 46.1 Å². The monoisotopic (exact) mass is 430 g/mol. The maximum atomic E-state index is 13.0. The van der Waals surface area contributed by atoms with E-state index in [1.807, 2.05) is 52.0 Å². The molecule has 5 atom stereocenters. The fourth-order valence-corrected chi connectivity index (χ4v) is 3.45. The molecule has 8 heteroatoms. The third-order valence-corrected chi connectivity index (χ3v) is 6.07. The minimum atomic E-state index is -1.14. The number of rotatable bonds is 11. The van der Waals surface area contributed by atoms with Crippen LogP contribution in [0.25, 0.3) is 10.9 Å². The van der Waals surface area contributed by atoms with Gasteiger partial charge in [-0.1, -0.05) is 58.7 Å². The average molecular weight is 431 g/mol. The van der Waals surface area contributed by atoms with Gasteiger partial charge in [0.2, 0.25) is 11.8 Å². The summed E-state index contributed by atoms with van der Waals surface area (Å²) in [6.45, 7) is 7.57. The second kappa shape index (κ2) is 10.9. The summed E-state index contributed by atoms with van der Waals surface area (Å²) >= 11 is 0. The number of carboxylic acid groups (broad SMARTS) is 1. The molecule has 0 bridgehead atoms. The van der Waals surface area contributed by atoms with Crippen LogP contribution < -0.4 is 16.4 Å². The lowest BCUT2D eigenvalue weighted by molar-refractivity contribution is -0.142. The number of nitrogens with two attached hydrogens (primary N) is 1. The first kappa shape index (κ1) is 24.4. The molecule has 1 aromatic heterocycles. The minimum Gasteiger partial charge on any atom is -0.480 e. The Hall–Kier alpha value is -2.87. The summed E-state index contributed by atoms with van der Waals surface area (Å²) in [6.07, 6.45) is 3.25. The van der Waals surface area contributed by atoms with E-state index >= 15 is 0 Å². The Morgan fingerprint density at radius 1 is 1.03 bits per heavy atom. The minimum absolute atomic E-state index is 0.0331. The van der Waals surface area contributed by atoms with Crippen molar-refractivity contribution in [3.63, 3.8) is 0 Å². The van der Waals surface area contributed by atoms with E-state index in [0.29, 0.717) is 6.42 Å². The maximum absolute atomic E-state index is 13.0. The molecule has 6 N–H and O–H groups in total. The normalized spacial score (nSPS) is 16.2. The van der Waals surface area contributed by atoms with Gasteiger partial charge in [-0.15, -0.1) is 0 Å². The molecule has 1 aromatic carbocycles. The number of hydrogen-bond donors (Lipinski definition) is 5. The van der Waals surface area contributed by atoms with E-state index in [1.54, 1.807) is 6.20 Å². The number of nitrogens with one attached hydrogen (secondary N) is 3. The molecule has 8 nitrogen and oxygen atoms in total. The topological polar surface area (TPSA) is 137 Å². The Kier molecular flexibility index (Phi) is 8.62. The van der Waals surface area contributed by atoms with Gasteiger partial charge in [-0.3, -0.25) is 9.59 Å². The van der Waals surface area contributed by atoms with Gasteiger partial charge in [0.15, 0.2) is 0 Å². The number of aliphatic carboxylic acids is 1. The van der Waals surface area contributed by atoms with Gasteiger partial charge in [0, 0.05) is 23.5 Å². The van der Waals surface area contributed by atoms with Crippen molar-refractivity contribution < 1.29 is 19.5 Å². The Morgan fingerprint density at radius 2 is 1.68 bits per heavy atom. The predicted molar refractivity (Wildman–Crippen MR) is 120 cm³/mol. The smallest absolute Gasteiger partial charge is 0.326 e. The lowest BCUT2D eigenvalue weighted by atomic mass is 9.95. The largest absolute Gasteiger partial charge is 0.480 e. The molecule has 0 spiro atoms. The zero-order valence-corrected chi connectivity index (χ0v) is 18.6. The number of benzene rings is 1. The molecule has 0 fully saturated rings. The van der Waals surface area contributed by atoms with Crippen molar-refractivity contribution in [1.29, 1.82) is 0 Å². The third kappa shape index (κ3) is 6.07. The van der Waals surface area contributed by atoms with Crippen LogP contribution in [-0.4, -0.2) is 46.0 Å². The van der Waals surface area contributed by atoms with Crippen LogP contribution in [0.2, 0.25) is 0 Å². The van der Waals surface area contributed by atoms with E-state index in [2.05, 4.69) is 15.6 Å². The molecule has 2 unspecified atom stereocenters. The number of carboxylic acids is 1. The molecular weight excluding hydrogens is 396 g/mol. The number of aromatic amines is 1. The zero-order valence-electron chi connectivity index (χ0n) is 18.6. The van der Waals surface area contributed by atoms with Crippen LogP contribution in [0, 0.1) is 11.8 Å². The molecule has 2 rings (SSSR count). The van der Waals surface area contributed by atoms with Crippen molar-refractivity contribution in [2.24, 2.45) is 17.6 Å². The molecule has 1 heterocycles. The highest BCUT2D eigenvalue weighted by Crippen LogP contribution is 2.19. The van der Waals surface area contributed by atoms with Gasteiger partial charge in [0.1, 0.15) is 12.1 Å². The summed E-state index contributed by atoms with van der Waals surface area (Å²) in [5.74, 6) is -2.28. The van der Waals surface area contributed by atoms with E-state index in [0.717, 1.165) is 22.9 Å². The average Bonchev–Trinajstić information content (AvgIpc) is 3.17. The second-order valence-corrected chi connectivity index (χ2v) is 8.25. The summed E-state index contributed by atoms with van der Waals surface area (Å²) in [7, 11) is 0. The van der Waals surface area contributed by atoms with Crippen LogP contribution in [0.5, 0.6) is 0 Å². The number of carbonyl (C=O) groups excluding carboxylic acids is 2. The molecule has 0 aliphatic heterocycles. The van der Waals surface area contributed by atoms with Gasteiger partial charge in [-0.05, 0) is 23.5 Å². The summed E-state index contributed by atoms with van der Waals surface area (Å²) in [4.78, 5) is 40.6. The number of fused-ring (bicyclic) bond motifs is 1. The van der Waals surface area contributed by atoms with Gasteiger partial charge in [0.25, 0.3) is 0 Å². The van der Waals surface area contributed by atoms with E-state index in [9.17, 15) is 19.5 Å². The van der Waals surface area contributed by atoms with Crippen molar-refractivity contribution in [3.05, 3.63) is 36.0 Å². The Morgan fingerprint density at radius 3 is 2.29 bits per heavy atom. The molecular formula is C23H34N4O4. The molecule has 0 aliphatic rings. The van der Waals surface area contributed by atoms with Crippen molar-refractivity contribution in [2.75, 3.05) is 0 Å². The summed E-state index contributed by atoms with van der Waals surface area (Å²) in [6, 6.07) is 4.86. The molecule has 0 radical (unpaired) electrons. The molecule has 0 saturated heterocycles. The first-order chi connectivity index (χ1) is 14.7. The Bertz CT molecular complexity index is 910. The summed E-state index contributed by atoms with van der Waals surface area (Å²) < 4.78 is 0. The van der Waals surface area contributed by atoms with Gasteiger partial charge in [0.05, 0.1) is 6.04 Å². The van der Waals surface area contributed by atoms with Crippen LogP contribution >= 0.6 is 0 Å². The molecule has 31 heavy (non-hydrogen) atoms. The van der Waals surface area contributed by atoms with Gasteiger partial charge >= 0.3 is 5.97 Å². The number of hydrogen-bond acceptors (Lipinski definition) is 4. The lowest BCUT2D eigenvalue weighted by Gasteiger charge is -2.27. The number of aromatic nitrogens is 1. The van der Waals surface area contributed by atoms with Crippen LogP contribution in [0.3, 0.4) is 0 Å². The van der Waals surface area contributed by atoms with E-state index in [1.165, 1.54) is 0 Å². The highest BCUT2D eigenvalue weighted by atomic mass is 16.4. The fraction of sp³-hybridized carbons (Fsp3) is 0.522. The van der Waals surface area contributed by atoms with Crippen LogP contribution in [0.15, 0.2) is 30.5 Å². The number of carbonyl (C=O) groups is 3.